The number of carboxylic acid groups (broad SMARTS) is 1. The van der Waals surface area contributed by atoms with Crippen LogP contribution in [0.3, 0.4) is 0 Å². The Balaban J connectivity index is 1.52. The van der Waals surface area contributed by atoms with Gasteiger partial charge in [-0.15, -0.1) is 0 Å². The van der Waals surface area contributed by atoms with Gasteiger partial charge in [-0.3, -0.25) is 0 Å². The van der Waals surface area contributed by atoms with E-state index < -0.39 is 11.6 Å². The zero-order chi connectivity index (χ0) is 25.4. The predicted octanol–water partition coefficient (Wildman–Crippen LogP) is 4.02. The number of hydrogen-bond donors (Lipinski definition) is 3. The summed E-state index contributed by atoms with van der Waals surface area (Å²) < 4.78 is 11.8. The second-order valence-electron chi connectivity index (χ2n) is 9.61. The number of nitrogens with zero attached hydrogens (tertiary/aromatic N) is 1. The Labute approximate surface area is 208 Å². The smallest absolute Gasteiger partial charge is 0.347 e. The highest BCUT2D eigenvalue weighted by Crippen LogP contribution is 2.29. The molecule has 6 N–H and O–H groups in total. The van der Waals surface area contributed by atoms with Gasteiger partial charge in [-0.05, 0) is 87.4 Å². The van der Waals surface area contributed by atoms with Gasteiger partial charge in [-0.1, -0.05) is 24.3 Å². The Morgan fingerprint density at radius 1 is 1.11 bits per heavy atom. The topological polar surface area (TPSA) is 113 Å². The molecule has 0 spiro atoms. The largest absolute Gasteiger partial charge is 0.494 e. The van der Waals surface area contributed by atoms with E-state index in [-0.39, 0.29) is 0 Å². The number of likely N-dealkylation sites (tertiary alicyclic amines) is 1. The van der Waals surface area contributed by atoms with E-state index in [1.807, 2.05) is 61.5 Å². The maximum absolute atomic E-state index is 11.4. The molecule has 7 nitrogen and oxygen atoms in total. The maximum atomic E-state index is 11.4. The summed E-state index contributed by atoms with van der Waals surface area (Å²) in [5.41, 5.74) is 11.3. The number of aliphatic carboxylic acids is 1. The van der Waals surface area contributed by atoms with Gasteiger partial charge in [-0.25, -0.2) is 4.79 Å². The summed E-state index contributed by atoms with van der Waals surface area (Å²) in [4.78, 5) is 13.7. The van der Waals surface area contributed by atoms with E-state index in [2.05, 4.69) is 10.6 Å². The van der Waals surface area contributed by atoms with E-state index in [0.29, 0.717) is 18.3 Å². The van der Waals surface area contributed by atoms with Crippen LogP contribution in [0.1, 0.15) is 40.0 Å². The SMILES string of the molecule is CC(N)=CC=C([NH3+])N1CCC(CCOc2cccc(-c3cccc(OC(C)(C)C(=O)O)c3)c2)CC1. The fourth-order valence-electron chi connectivity index (χ4n) is 4.03. The molecule has 188 valence electrons. The molecule has 0 saturated carbocycles. The Bertz CT molecular complexity index is 1070. The molecule has 0 radical (unpaired) electrons. The minimum Gasteiger partial charge on any atom is -0.494 e. The molecule has 0 atom stereocenters. The molecule has 7 heteroatoms. The summed E-state index contributed by atoms with van der Waals surface area (Å²) >= 11 is 0. The minimum absolute atomic E-state index is 0.516. The monoisotopic (exact) mass is 480 g/mol. The Morgan fingerprint density at radius 2 is 1.71 bits per heavy atom. The quantitative estimate of drug-likeness (QED) is 0.443. The van der Waals surface area contributed by atoms with E-state index in [1.165, 1.54) is 13.8 Å². The van der Waals surface area contributed by atoms with Crippen molar-refractivity contribution in [1.29, 1.82) is 0 Å². The lowest BCUT2D eigenvalue weighted by atomic mass is 9.94. The van der Waals surface area contributed by atoms with Gasteiger partial charge < -0.3 is 30.9 Å². The summed E-state index contributed by atoms with van der Waals surface area (Å²) in [6.07, 6.45) is 7.16. The molecule has 1 aliphatic rings. The van der Waals surface area contributed by atoms with Crippen molar-refractivity contribution in [3.8, 4) is 22.6 Å². The number of nitrogens with two attached hydrogens (primary N) is 1. The lowest BCUT2D eigenvalue weighted by molar-refractivity contribution is -0.334. The number of carbonyl (C=O) groups is 1. The van der Waals surface area contributed by atoms with Crippen LogP contribution in [-0.2, 0) is 4.79 Å². The first-order valence-corrected chi connectivity index (χ1v) is 12.1. The van der Waals surface area contributed by atoms with E-state index in [1.54, 1.807) is 6.07 Å². The van der Waals surface area contributed by atoms with Crippen LogP contribution in [0.5, 0.6) is 11.5 Å². The van der Waals surface area contributed by atoms with Gasteiger partial charge in [0.25, 0.3) is 0 Å². The number of hydrogen-bond acceptors (Lipinski definition) is 5. The van der Waals surface area contributed by atoms with Crippen LogP contribution in [-0.4, -0.2) is 41.3 Å². The van der Waals surface area contributed by atoms with Crippen molar-refractivity contribution < 1.29 is 25.1 Å². The second-order valence-corrected chi connectivity index (χ2v) is 9.61. The first kappa shape index (κ1) is 26.2. The molecule has 1 aliphatic heterocycles. The first-order valence-electron chi connectivity index (χ1n) is 12.1. The average Bonchev–Trinajstić information content (AvgIpc) is 2.83. The highest BCUT2D eigenvalue weighted by molar-refractivity contribution is 5.77. The molecule has 0 bridgehead atoms. The molecular formula is C28H38N3O4+. The Morgan fingerprint density at radius 3 is 2.31 bits per heavy atom. The first-order chi connectivity index (χ1) is 16.6. The minimum atomic E-state index is -1.30. The lowest BCUT2D eigenvalue weighted by Crippen LogP contribution is -2.57. The van der Waals surface area contributed by atoms with Gasteiger partial charge in [-0.2, -0.15) is 0 Å². The molecule has 0 unspecified atom stereocenters. The second kappa shape index (κ2) is 11.8. The number of carboxylic acids is 1. The van der Waals surface area contributed by atoms with Gasteiger partial charge in [0.15, 0.2) is 11.4 Å². The average molecular weight is 481 g/mol. The van der Waals surface area contributed by atoms with Gasteiger partial charge in [0, 0.05) is 24.9 Å². The van der Waals surface area contributed by atoms with Crippen LogP contribution in [0, 0.1) is 5.92 Å². The predicted molar refractivity (Wildman–Crippen MR) is 138 cm³/mol. The van der Waals surface area contributed by atoms with Crippen molar-refractivity contribution in [2.24, 2.45) is 11.7 Å². The van der Waals surface area contributed by atoms with Gasteiger partial charge in [0.05, 0.1) is 6.61 Å². The normalized spacial score (nSPS) is 15.7. The third kappa shape index (κ3) is 7.79. The molecule has 0 amide bonds. The molecular weight excluding hydrogens is 442 g/mol. The zero-order valence-corrected chi connectivity index (χ0v) is 21.0. The van der Waals surface area contributed by atoms with Crippen molar-refractivity contribution in [3.63, 3.8) is 0 Å². The standard InChI is InChI=1S/C28H37N3O4/c1-20(29)10-11-26(30)31-15-12-21(13-16-31)14-17-34-24-8-4-6-22(18-24)23-7-5-9-25(19-23)35-28(2,3)27(32)33/h4-11,18-19,21H,12-17,29-30H2,1-3H3,(H,32,33)/p+1. The summed E-state index contributed by atoms with van der Waals surface area (Å²) in [5, 5.41) is 9.32. The summed E-state index contributed by atoms with van der Waals surface area (Å²) in [6, 6.07) is 15.4. The molecule has 2 aromatic carbocycles. The third-order valence-electron chi connectivity index (χ3n) is 6.24. The molecule has 1 saturated heterocycles. The fourth-order valence-corrected chi connectivity index (χ4v) is 4.03. The molecule has 35 heavy (non-hydrogen) atoms. The van der Waals surface area contributed by atoms with Gasteiger partial charge in [0.1, 0.15) is 11.5 Å². The number of piperidine rings is 1. The van der Waals surface area contributed by atoms with Gasteiger partial charge >= 0.3 is 5.97 Å². The number of quaternary nitrogens is 1. The Hall–Kier alpha value is -3.45. The van der Waals surface area contributed by atoms with Crippen molar-refractivity contribution in [3.05, 3.63) is 72.2 Å². The summed E-state index contributed by atoms with van der Waals surface area (Å²) in [5.74, 6) is 1.99. The molecule has 0 aromatic heterocycles. The van der Waals surface area contributed by atoms with Crippen LogP contribution in [0.4, 0.5) is 0 Å². The van der Waals surface area contributed by atoms with Crippen LogP contribution in [0.25, 0.3) is 11.1 Å². The molecule has 2 aromatic rings. The maximum Gasteiger partial charge on any atom is 0.347 e. The number of rotatable bonds is 10. The summed E-state index contributed by atoms with van der Waals surface area (Å²) in [7, 11) is 0. The lowest BCUT2D eigenvalue weighted by Gasteiger charge is -2.31. The van der Waals surface area contributed by atoms with Crippen LogP contribution in [0.15, 0.2) is 72.2 Å². The number of allylic oxidation sites excluding steroid dienone is 3. The van der Waals surface area contributed by atoms with Crippen LogP contribution >= 0.6 is 0 Å². The van der Waals surface area contributed by atoms with Crippen molar-refractivity contribution in [2.45, 2.75) is 45.6 Å². The highest BCUT2D eigenvalue weighted by atomic mass is 16.5. The van der Waals surface area contributed by atoms with Gasteiger partial charge in [0.2, 0.25) is 0 Å². The van der Waals surface area contributed by atoms with Crippen molar-refractivity contribution >= 4 is 5.97 Å². The zero-order valence-electron chi connectivity index (χ0n) is 21.0. The van der Waals surface area contributed by atoms with Crippen molar-refractivity contribution in [2.75, 3.05) is 19.7 Å². The molecule has 1 fully saturated rings. The van der Waals surface area contributed by atoms with Crippen molar-refractivity contribution in [1.82, 2.24) is 4.90 Å². The third-order valence-corrected chi connectivity index (χ3v) is 6.24. The fraction of sp³-hybridized carbons (Fsp3) is 0.393. The molecule has 0 aliphatic carbocycles. The number of ether oxygens (including phenoxy) is 2. The van der Waals surface area contributed by atoms with Crippen LogP contribution < -0.4 is 20.9 Å². The van der Waals surface area contributed by atoms with E-state index in [9.17, 15) is 9.90 Å². The van der Waals surface area contributed by atoms with E-state index >= 15 is 0 Å². The van der Waals surface area contributed by atoms with Crippen LogP contribution in [0.2, 0.25) is 0 Å². The van der Waals surface area contributed by atoms with E-state index in [4.69, 9.17) is 15.2 Å². The molecule has 1 heterocycles. The number of benzene rings is 2. The Kier molecular flexibility index (Phi) is 8.82. The highest BCUT2D eigenvalue weighted by Gasteiger charge is 2.29. The van der Waals surface area contributed by atoms with E-state index in [0.717, 1.165) is 60.7 Å². The summed E-state index contributed by atoms with van der Waals surface area (Å²) in [6.45, 7) is 7.63. The molecule has 3 rings (SSSR count).